The molecular weight excluding hydrogens is 349 g/mol. The molecule has 0 saturated heterocycles. The molecule has 1 amide bonds. The summed E-state index contributed by atoms with van der Waals surface area (Å²) in [5, 5.41) is 14.8. The molecule has 1 saturated carbocycles. The lowest BCUT2D eigenvalue weighted by Crippen LogP contribution is -2.51. The Morgan fingerprint density at radius 3 is 2.38 bits per heavy atom. The molecule has 1 aromatic rings. The molecule has 0 bridgehead atoms. The van der Waals surface area contributed by atoms with Crippen LogP contribution in [0.15, 0.2) is 17.9 Å². The van der Waals surface area contributed by atoms with Crippen LogP contribution in [0.4, 0.5) is 0 Å². The molecule has 24 heavy (non-hydrogen) atoms. The van der Waals surface area contributed by atoms with Gasteiger partial charge in [0, 0.05) is 17.7 Å². The van der Waals surface area contributed by atoms with E-state index in [1.165, 1.54) is 0 Å². The molecule has 1 aromatic carbocycles. The molecule has 130 valence electrons. The number of carbonyl (C=O) groups is 1. The standard InChI is InChI=1S/C18H21Cl2NO3/c1-10-8-11(19)9-12(20)13(10)14-15(22)18(21-16(14)23)6-4-17(2,24-3)5-7-18/h8-9,22H,4-7H2,1-3H3,(H,21,23). The topological polar surface area (TPSA) is 58.6 Å². The summed E-state index contributed by atoms with van der Waals surface area (Å²) in [4.78, 5) is 12.6. The number of methoxy groups -OCH3 is 1. The van der Waals surface area contributed by atoms with Crippen LogP contribution in [0, 0.1) is 6.92 Å². The van der Waals surface area contributed by atoms with Crippen molar-refractivity contribution in [3.8, 4) is 0 Å². The molecule has 1 fully saturated rings. The monoisotopic (exact) mass is 369 g/mol. The van der Waals surface area contributed by atoms with Crippen molar-refractivity contribution in [3.05, 3.63) is 39.1 Å². The zero-order chi connectivity index (χ0) is 17.7. The molecule has 0 radical (unpaired) electrons. The van der Waals surface area contributed by atoms with Crippen molar-refractivity contribution in [2.45, 2.75) is 50.7 Å². The largest absolute Gasteiger partial charge is 0.509 e. The van der Waals surface area contributed by atoms with Crippen molar-refractivity contribution < 1.29 is 14.6 Å². The van der Waals surface area contributed by atoms with Gasteiger partial charge in [-0.05, 0) is 57.2 Å². The molecule has 6 heteroatoms. The van der Waals surface area contributed by atoms with Crippen molar-refractivity contribution in [2.75, 3.05) is 7.11 Å². The summed E-state index contributed by atoms with van der Waals surface area (Å²) in [6.45, 7) is 3.88. The summed E-state index contributed by atoms with van der Waals surface area (Å²) < 4.78 is 5.56. The Morgan fingerprint density at radius 2 is 1.83 bits per heavy atom. The van der Waals surface area contributed by atoms with Crippen LogP contribution in [0.1, 0.15) is 43.7 Å². The second-order valence-electron chi connectivity index (χ2n) is 6.99. The normalized spacial score (nSPS) is 30.1. The van der Waals surface area contributed by atoms with Gasteiger partial charge in [0.2, 0.25) is 0 Å². The number of carbonyl (C=O) groups excluding carboxylic acids is 1. The van der Waals surface area contributed by atoms with E-state index in [4.69, 9.17) is 27.9 Å². The predicted octanol–water partition coefficient (Wildman–Crippen LogP) is 4.42. The van der Waals surface area contributed by atoms with Gasteiger partial charge in [0.25, 0.3) is 5.91 Å². The molecule has 1 heterocycles. The van der Waals surface area contributed by atoms with E-state index in [1.54, 1.807) is 19.2 Å². The second-order valence-corrected chi connectivity index (χ2v) is 7.84. The molecule has 1 spiro atoms. The van der Waals surface area contributed by atoms with Gasteiger partial charge in [-0.3, -0.25) is 4.79 Å². The van der Waals surface area contributed by atoms with Crippen LogP contribution in [-0.2, 0) is 9.53 Å². The van der Waals surface area contributed by atoms with Gasteiger partial charge in [0.05, 0.1) is 21.7 Å². The minimum absolute atomic E-state index is 0.0815. The highest BCUT2D eigenvalue weighted by molar-refractivity contribution is 6.38. The Hall–Kier alpha value is -1.23. The molecule has 1 aliphatic heterocycles. The van der Waals surface area contributed by atoms with Crippen LogP contribution >= 0.6 is 23.2 Å². The van der Waals surface area contributed by atoms with E-state index in [-0.39, 0.29) is 22.8 Å². The summed E-state index contributed by atoms with van der Waals surface area (Å²) in [7, 11) is 1.70. The SMILES string of the molecule is COC1(C)CCC2(CC1)NC(=O)C(c1c(C)cc(Cl)cc1Cl)=C2O. The van der Waals surface area contributed by atoms with Gasteiger partial charge in [-0.15, -0.1) is 0 Å². The Kier molecular flexibility index (Phi) is 4.35. The molecule has 0 unspecified atom stereocenters. The van der Waals surface area contributed by atoms with E-state index < -0.39 is 5.54 Å². The first-order chi connectivity index (χ1) is 11.2. The van der Waals surface area contributed by atoms with Crippen molar-refractivity contribution in [2.24, 2.45) is 0 Å². The van der Waals surface area contributed by atoms with Crippen LogP contribution in [0.25, 0.3) is 5.57 Å². The van der Waals surface area contributed by atoms with Gasteiger partial charge >= 0.3 is 0 Å². The Morgan fingerprint density at radius 1 is 1.21 bits per heavy atom. The van der Waals surface area contributed by atoms with Crippen LogP contribution in [-0.4, -0.2) is 29.3 Å². The third-order valence-electron chi connectivity index (χ3n) is 5.43. The number of benzene rings is 1. The van der Waals surface area contributed by atoms with Crippen molar-refractivity contribution in [1.82, 2.24) is 5.32 Å². The fourth-order valence-electron chi connectivity index (χ4n) is 3.71. The lowest BCUT2D eigenvalue weighted by Gasteiger charge is -2.42. The van der Waals surface area contributed by atoms with Gasteiger partial charge in [-0.1, -0.05) is 23.2 Å². The first-order valence-electron chi connectivity index (χ1n) is 7.99. The van der Waals surface area contributed by atoms with Gasteiger partial charge < -0.3 is 15.2 Å². The molecule has 0 aromatic heterocycles. The maximum Gasteiger partial charge on any atom is 0.256 e. The smallest absolute Gasteiger partial charge is 0.256 e. The van der Waals surface area contributed by atoms with Crippen LogP contribution in [0.3, 0.4) is 0 Å². The average Bonchev–Trinajstić information content (AvgIpc) is 2.75. The quantitative estimate of drug-likeness (QED) is 0.810. The lowest BCUT2D eigenvalue weighted by molar-refractivity contribution is -0.117. The van der Waals surface area contributed by atoms with E-state index in [0.717, 1.165) is 18.4 Å². The molecule has 0 atom stereocenters. The highest BCUT2D eigenvalue weighted by Gasteiger charge is 2.50. The zero-order valence-corrected chi connectivity index (χ0v) is 15.5. The van der Waals surface area contributed by atoms with Gasteiger partial charge in [0.15, 0.2) is 0 Å². The van der Waals surface area contributed by atoms with Gasteiger partial charge in [-0.2, -0.15) is 0 Å². The number of nitrogens with one attached hydrogen (secondary N) is 1. The van der Waals surface area contributed by atoms with Crippen molar-refractivity contribution >= 4 is 34.7 Å². The number of hydrogen-bond acceptors (Lipinski definition) is 3. The summed E-state index contributed by atoms with van der Waals surface area (Å²) in [5.41, 5.74) is 0.633. The van der Waals surface area contributed by atoms with E-state index >= 15 is 0 Å². The maximum absolute atomic E-state index is 12.6. The van der Waals surface area contributed by atoms with E-state index in [1.807, 2.05) is 6.92 Å². The molecule has 2 N–H and O–H groups in total. The fourth-order valence-corrected chi connectivity index (χ4v) is 4.40. The Balaban J connectivity index is 2.04. The highest BCUT2D eigenvalue weighted by atomic mass is 35.5. The molecular formula is C18H21Cl2NO3. The fraction of sp³-hybridized carbons (Fsp3) is 0.500. The van der Waals surface area contributed by atoms with E-state index in [9.17, 15) is 9.90 Å². The average molecular weight is 370 g/mol. The summed E-state index contributed by atoms with van der Waals surface area (Å²) >= 11 is 12.3. The van der Waals surface area contributed by atoms with E-state index in [2.05, 4.69) is 12.2 Å². The number of amides is 1. The van der Waals surface area contributed by atoms with E-state index in [0.29, 0.717) is 28.5 Å². The Labute approximate surface area is 151 Å². The molecule has 4 nitrogen and oxygen atoms in total. The summed E-state index contributed by atoms with van der Waals surface area (Å²) in [6, 6.07) is 3.33. The van der Waals surface area contributed by atoms with Crippen molar-refractivity contribution in [3.63, 3.8) is 0 Å². The number of halogens is 2. The minimum Gasteiger partial charge on any atom is -0.509 e. The first-order valence-corrected chi connectivity index (χ1v) is 8.74. The summed E-state index contributed by atoms with van der Waals surface area (Å²) in [6.07, 6.45) is 2.77. The summed E-state index contributed by atoms with van der Waals surface area (Å²) in [5.74, 6) is -0.209. The van der Waals surface area contributed by atoms with Gasteiger partial charge in [0.1, 0.15) is 5.76 Å². The molecule has 2 aliphatic rings. The third-order valence-corrected chi connectivity index (χ3v) is 5.94. The first kappa shape index (κ1) is 17.6. The van der Waals surface area contributed by atoms with Gasteiger partial charge in [-0.25, -0.2) is 0 Å². The molecule has 1 aliphatic carbocycles. The molecule has 3 rings (SSSR count). The van der Waals surface area contributed by atoms with Crippen LogP contribution < -0.4 is 5.32 Å². The Bertz CT molecular complexity index is 711. The third kappa shape index (κ3) is 2.71. The van der Waals surface area contributed by atoms with Crippen LogP contribution in [0.2, 0.25) is 10.0 Å². The minimum atomic E-state index is -0.722. The van der Waals surface area contributed by atoms with Crippen LogP contribution in [0.5, 0.6) is 0 Å². The number of aliphatic hydroxyl groups is 1. The second kappa shape index (κ2) is 5.94. The number of aryl methyl sites for hydroxylation is 1. The predicted molar refractivity (Wildman–Crippen MR) is 95.5 cm³/mol. The highest BCUT2D eigenvalue weighted by Crippen LogP contribution is 2.46. The number of hydrogen-bond donors (Lipinski definition) is 2. The number of aliphatic hydroxyl groups excluding tert-OH is 1. The number of rotatable bonds is 2. The zero-order valence-electron chi connectivity index (χ0n) is 14.0. The van der Waals surface area contributed by atoms with Crippen molar-refractivity contribution in [1.29, 1.82) is 0 Å². The number of ether oxygens (including phenoxy) is 1. The maximum atomic E-state index is 12.6. The lowest BCUT2D eigenvalue weighted by atomic mass is 9.74.